The molecular weight excluding hydrogens is 256 g/mol. The molecule has 17 heavy (non-hydrogen) atoms. The third-order valence-corrected chi connectivity index (χ3v) is 5.07. The molecule has 2 heterocycles. The van der Waals surface area contributed by atoms with Crippen LogP contribution in [-0.4, -0.2) is 38.6 Å². The molecule has 0 saturated carbocycles. The van der Waals surface area contributed by atoms with Gasteiger partial charge in [0.1, 0.15) is 0 Å². The van der Waals surface area contributed by atoms with Crippen molar-refractivity contribution in [2.45, 2.75) is 31.6 Å². The Kier molecular flexibility index (Phi) is 4.76. The summed E-state index contributed by atoms with van der Waals surface area (Å²) in [6.07, 6.45) is -0.336. The maximum Gasteiger partial charge on any atom is 0.233 e. The van der Waals surface area contributed by atoms with Crippen molar-refractivity contribution < 1.29 is 9.63 Å². The second-order valence-corrected chi connectivity index (χ2v) is 6.77. The van der Waals surface area contributed by atoms with Crippen molar-refractivity contribution in [2.24, 2.45) is 5.92 Å². The van der Waals surface area contributed by atoms with E-state index in [4.69, 9.17) is 4.52 Å². The third-order valence-electron chi connectivity index (χ3n) is 2.53. The van der Waals surface area contributed by atoms with Gasteiger partial charge in [0.05, 0.1) is 17.8 Å². The lowest BCUT2D eigenvalue weighted by atomic mass is 10.1. The molecule has 0 aromatic carbocycles. The fourth-order valence-corrected chi connectivity index (χ4v) is 3.76. The zero-order chi connectivity index (χ0) is 12.3. The van der Waals surface area contributed by atoms with Crippen LogP contribution in [0, 0.1) is 5.92 Å². The van der Waals surface area contributed by atoms with Crippen LogP contribution in [0.3, 0.4) is 0 Å². The number of hydrogen-bond donors (Lipinski definition) is 1. The minimum absolute atomic E-state index is 0.0244. The Morgan fingerprint density at radius 2 is 2.35 bits per heavy atom. The summed E-state index contributed by atoms with van der Waals surface area (Å²) in [6, 6.07) is 0. The van der Waals surface area contributed by atoms with Gasteiger partial charge < -0.3 is 9.63 Å². The second-order valence-electron chi connectivity index (χ2n) is 4.67. The number of thioether (sulfide) groups is 2. The standard InChI is InChI=1S/C11H18N2O2S2/c1-7(2)3-16-6-10-12-11(15-13-10)8-4-17-5-9(8)14/h7-9,14H,3-6H2,1-2H3. The topological polar surface area (TPSA) is 59.2 Å². The lowest BCUT2D eigenvalue weighted by molar-refractivity contribution is 0.164. The predicted octanol–water partition coefficient (Wildman–Crippen LogP) is 2.15. The summed E-state index contributed by atoms with van der Waals surface area (Å²) < 4.78 is 5.23. The highest BCUT2D eigenvalue weighted by Gasteiger charge is 2.31. The first-order chi connectivity index (χ1) is 8.16. The van der Waals surface area contributed by atoms with Crippen molar-refractivity contribution in [3.05, 3.63) is 11.7 Å². The Bertz CT molecular complexity index is 357. The molecule has 1 aromatic rings. The minimum Gasteiger partial charge on any atom is -0.391 e. The van der Waals surface area contributed by atoms with Gasteiger partial charge in [-0.25, -0.2) is 0 Å². The maximum atomic E-state index is 9.75. The largest absolute Gasteiger partial charge is 0.391 e. The van der Waals surface area contributed by atoms with E-state index in [-0.39, 0.29) is 12.0 Å². The first-order valence-corrected chi connectivity index (χ1v) is 8.13. The lowest BCUT2D eigenvalue weighted by Gasteiger charge is -2.06. The molecule has 1 N–H and O–H groups in total. The molecule has 0 bridgehead atoms. The maximum absolute atomic E-state index is 9.75. The molecule has 0 aliphatic carbocycles. The van der Waals surface area contributed by atoms with Crippen molar-refractivity contribution in [3.8, 4) is 0 Å². The Morgan fingerprint density at radius 1 is 1.53 bits per heavy atom. The van der Waals surface area contributed by atoms with Crippen LogP contribution in [0.25, 0.3) is 0 Å². The summed E-state index contributed by atoms with van der Waals surface area (Å²) in [5.41, 5.74) is 0. The van der Waals surface area contributed by atoms with Crippen molar-refractivity contribution in [1.82, 2.24) is 10.1 Å². The molecule has 0 spiro atoms. The molecule has 4 nitrogen and oxygen atoms in total. The monoisotopic (exact) mass is 274 g/mol. The quantitative estimate of drug-likeness (QED) is 0.888. The summed E-state index contributed by atoms with van der Waals surface area (Å²) in [5.74, 6) is 5.59. The van der Waals surface area contributed by atoms with E-state index < -0.39 is 0 Å². The van der Waals surface area contributed by atoms with Gasteiger partial charge in [-0.3, -0.25) is 0 Å². The van der Waals surface area contributed by atoms with Crippen LogP contribution in [0.4, 0.5) is 0 Å². The van der Waals surface area contributed by atoms with E-state index in [2.05, 4.69) is 24.0 Å². The van der Waals surface area contributed by atoms with Gasteiger partial charge in [0.15, 0.2) is 5.82 Å². The second kappa shape index (κ2) is 6.11. The number of aromatic nitrogens is 2. The molecule has 1 saturated heterocycles. The normalized spacial score (nSPS) is 24.7. The van der Waals surface area contributed by atoms with E-state index in [9.17, 15) is 5.11 Å². The zero-order valence-electron chi connectivity index (χ0n) is 10.1. The summed E-state index contributed by atoms with van der Waals surface area (Å²) >= 11 is 3.55. The fraction of sp³-hybridized carbons (Fsp3) is 0.818. The summed E-state index contributed by atoms with van der Waals surface area (Å²) in [4.78, 5) is 4.37. The number of aliphatic hydroxyl groups is 1. The molecule has 0 amide bonds. The number of aliphatic hydroxyl groups excluding tert-OH is 1. The van der Waals surface area contributed by atoms with E-state index in [1.165, 1.54) is 0 Å². The molecule has 96 valence electrons. The average molecular weight is 274 g/mol. The SMILES string of the molecule is CC(C)CSCc1noc(C2CSCC2O)n1. The molecule has 6 heteroatoms. The van der Waals surface area contributed by atoms with Gasteiger partial charge in [0, 0.05) is 11.5 Å². The fourth-order valence-electron chi connectivity index (χ4n) is 1.64. The first-order valence-electron chi connectivity index (χ1n) is 5.83. The van der Waals surface area contributed by atoms with Crippen LogP contribution >= 0.6 is 23.5 Å². The molecule has 0 radical (unpaired) electrons. The molecule has 1 aliphatic heterocycles. The van der Waals surface area contributed by atoms with E-state index >= 15 is 0 Å². The summed E-state index contributed by atoms with van der Waals surface area (Å²) in [5, 5.41) is 13.7. The van der Waals surface area contributed by atoms with Crippen molar-refractivity contribution >= 4 is 23.5 Å². The van der Waals surface area contributed by atoms with Crippen LogP contribution in [0.2, 0.25) is 0 Å². The van der Waals surface area contributed by atoms with Crippen LogP contribution in [0.5, 0.6) is 0 Å². The van der Waals surface area contributed by atoms with E-state index in [1.807, 2.05) is 11.8 Å². The van der Waals surface area contributed by atoms with Crippen molar-refractivity contribution in [3.63, 3.8) is 0 Å². The van der Waals surface area contributed by atoms with Crippen LogP contribution in [0.1, 0.15) is 31.5 Å². The van der Waals surface area contributed by atoms with E-state index in [0.717, 1.165) is 28.8 Å². The summed E-state index contributed by atoms with van der Waals surface area (Å²) in [6.45, 7) is 4.39. The van der Waals surface area contributed by atoms with Crippen LogP contribution in [0.15, 0.2) is 4.52 Å². The molecule has 2 unspecified atom stereocenters. The number of rotatable bonds is 5. The smallest absolute Gasteiger partial charge is 0.233 e. The molecule has 1 fully saturated rings. The predicted molar refractivity (Wildman–Crippen MR) is 71.4 cm³/mol. The van der Waals surface area contributed by atoms with Gasteiger partial charge in [-0.2, -0.15) is 28.5 Å². The Morgan fingerprint density at radius 3 is 3.00 bits per heavy atom. The van der Waals surface area contributed by atoms with E-state index in [0.29, 0.717) is 11.8 Å². The molecule has 1 aliphatic rings. The summed E-state index contributed by atoms with van der Waals surface area (Å²) in [7, 11) is 0. The molecular formula is C11H18N2O2S2. The zero-order valence-corrected chi connectivity index (χ0v) is 11.8. The number of nitrogens with zero attached hydrogens (tertiary/aromatic N) is 2. The highest BCUT2D eigenvalue weighted by Crippen LogP contribution is 2.32. The lowest BCUT2D eigenvalue weighted by Crippen LogP contribution is -2.15. The molecule has 2 rings (SSSR count). The minimum atomic E-state index is -0.336. The van der Waals surface area contributed by atoms with E-state index in [1.54, 1.807) is 11.8 Å². The van der Waals surface area contributed by atoms with Gasteiger partial charge in [-0.15, -0.1) is 0 Å². The van der Waals surface area contributed by atoms with Crippen LogP contribution in [-0.2, 0) is 5.75 Å². The van der Waals surface area contributed by atoms with Gasteiger partial charge in [0.25, 0.3) is 0 Å². The average Bonchev–Trinajstić information content (AvgIpc) is 2.86. The van der Waals surface area contributed by atoms with Gasteiger partial charge in [0.2, 0.25) is 5.89 Å². The highest BCUT2D eigenvalue weighted by atomic mass is 32.2. The van der Waals surface area contributed by atoms with Gasteiger partial charge in [-0.05, 0) is 11.7 Å². The first kappa shape index (κ1) is 13.2. The van der Waals surface area contributed by atoms with Gasteiger partial charge in [-0.1, -0.05) is 19.0 Å². The Labute approximate surface area is 110 Å². The Hall–Kier alpha value is -0.200. The van der Waals surface area contributed by atoms with Crippen molar-refractivity contribution in [1.29, 1.82) is 0 Å². The van der Waals surface area contributed by atoms with Crippen molar-refractivity contribution in [2.75, 3.05) is 17.3 Å². The van der Waals surface area contributed by atoms with Crippen LogP contribution < -0.4 is 0 Å². The van der Waals surface area contributed by atoms with Gasteiger partial charge >= 0.3 is 0 Å². The molecule has 1 aromatic heterocycles. The highest BCUT2D eigenvalue weighted by molar-refractivity contribution is 7.99. The number of hydrogen-bond acceptors (Lipinski definition) is 6. The third kappa shape index (κ3) is 3.63. The molecule has 2 atom stereocenters. The Balaban J connectivity index is 1.87.